The fourth-order valence-electron chi connectivity index (χ4n) is 3.22. The SMILES string of the molecule is CC1=CC(Nc2nc(C(CC#N)c3ccc(F)cc3)nc3ccccc23)=NC1. The number of rotatable bonds is 4. The van der Waals surface area contributed by atoms with Gasteiger partial charge in [0.2, 0.25) is 0 Å². The molecule has 1 atom stereocenters. The second kappa shape index (κ2) is 7.57. The monoisotopic (exact) mass is 371 g/mol. The molecular weight excluding hydrogens is 353 g/mol. The summed E-state index contributed by atoms with van der Waals surface area (Å²) in [5.41, 5.74) is 2.76. The summed E-state index contributed by atoms with van der Waals surface area (Å²) in [4.78, 5) is 13.9. The van der Waals surface area contributed by atoms with Crippen LogP contribution >= 0.6 is 0 Å². The minimum absolute atomic E-state index is 0.198. The number of anilines is 1. The van der Waals surface area contributed by atoms with Crippen molar-refractivity contribution in [1.29, 1.82) is 5.26 Å². The summed E-state index contributed by atoms with van der Waals surface area (Å²) in [7, 11) is 0. The third-order valence-corrected chi connectivity index (χ3v) is 4.63. The number of nitrogens with zero attached hydrogens (tertiary/aromatic N) is 4. The molecule has 1 unspecified atom stereocenters. The first kappa shape index (κ1) is 17.8. The number of nitriles is 1. The predicted octanol–water partition coefficient (Wildman–Crippen LogP) is 4.58. The second-order valence-corrected chi connectivity index (χ2v) is 6.73. The molecule has 3 aromatic rings. The summed E-state index contributed by atoms with van der Waals surface area (Å²) in [6, 6.07) is 16.0. The van der Waals surface area contributed by atoms with Crippen molar-refractivity contribution in [2.24, 2.45) is 4.99 Å². The molecule has 1 aliphatic heterocycles. The molecule has 138 valence electrons. The van der Waals surface area contributed by atoms with Crippen LogP contribution in [0.3, 0.4) is 0 Å². The number of aromatic nitrogens is 2. The Morgan fingerprint density at radius 1 is 1.14 bits per heavy atom. The maximum Gasteiger partial charge on any atom is 0.143 e. The molecule has 0 amide bonds. The van der Waals surface area contributed by atoms with Crippen LogP contribution in [0.4, 0.5) is 10.2 Å². The molecule has 0 saturated heterocycles. The molecule has 6 heteroatoms. The third-order valence-electron chi connectivity index (χ3n) is 4.63. The number of nitrogens with one attached hydrogen (secondary N) is 1. The summed E-state index contributed by atoms with van der Waals surface area (Å²) >= 11 is 0. The van der Waals surface area contributed by atoms with Gasteiger partial charge in [-0.1, -0.05) is 24.3 Å². The predicted molar refractivity (Wildman–Crippen MR) is 108 cm³/mol. The molecule has 1 aromatic heterocycles. The Labute approximate surface area is 162 Å². The van der Waals surface area contributed by atoms with E-state index in [1.54, 1.807) is 12.1 Å². The molecule has 5 nitrogen and oxygen atoms in total. The van der Waals surface area contributed by atoms with E-state index in [1.165, 1.54) is 17.7 Å². The van der Waals surface area contributed by atoms with Crippen LogP contribution in [-0.4, -0.2) is 22.3 Å². The Morgan fingerprint density at radius 3 is 2.64 bits per heavy atom. The van der Waals surface area contributed by atoms with E-state index in [2.05, 4.69) is 16.4 Å². The molecular formula is C22H18FN5. The normalized spacial score (nSPS) is 14.3. The molecule has 0 bridgehead atoms. The van der Waals surface area contributed by atoms with Crippen LogP contribution in [-0.2, 0) is 0 Å². The lowest BCUT2D eigenvalue weighted by Crippen LogP contribution is -2.13. The first-order chi connectivity index (χ1) is 13.6. The van der Waals surface area contributed by atoms with Gasteiger partial charge in [0.1, 0.15) is 23.3 Å². The number of halogens is 1. The van der Waals surface area contributed by atoms with Gasteiger partial charge in [-0.3, -0.25) is 4.99 Å². The summed E-state index contributed by atoms with van der Waals surface area (Å²) in [5, 5.41) is 13.5. The van der Waals surface area contributed by atoms with Gasteiger partial charge in [-0.2, -0.15) is 5.26 Å². The van der Waals surface area contributed by atoms with E-state index < -0.39 is 0 Å². The van der Waals surface area contributed by atoms with Crippen LogP contribution < -0.4 is 5.32 Å². The highest BCUT2D eigenvalue weighted by atomic mass is 19.1. The van der Waals surface area contributed by atoms with Gasteiger partial charge in [-0.25, -0.2) is 14.4 Å². The van der Waals surface area contributed by atoms with Crippen LogP contribution in [0.15, 0.2) is 65.2 Å². The van der Waals surface area contributed by atoms with Crippen LogP contribution in [0.25, 0.3) is 10.9 Å². The zero-order valence-corrected chi connectivity index (χ0v) is 15.4. The summed E-state index contributed by atoms with van der Waals surface area (Å²) in [6.07, 6.45) is 2.19. The number of para-hydroxylation sites is 1. The number of amidine groups is 1. The Morgan fingerprint density at radius 2 is 1.93 bits per heavy atom. The van der Waals surface area contributed by atoms with E-state index in [4.69, 9.17) is 9.97 Å². The lowest BCUT2D eigenvalue weighted by Gasteiger charge is -2.16. The number of fused-ring (bicyclic) bond motifs is 1. The molecule has 4 rings (SSSR count). The topological polar surface area (TPSA) is 74.0 Å². The minimum atomic E-state index is -0.349. The second-order valence-electron chi connectivity index (χ2n) is 6.73. The lowest BCUT2D eigenvalue weighted by atomic mass is 9.95. The fraction of sp³-hybridized carbons (Fsp3) is 0.182. The van der Waals surface area contributed by atoms with Crippen molar-refractivity contribution < 1.29 is 4.39 Å². The minimum Gasteiger partial charge on any atom is -0.325 e. The fourth-order valence-corrected chi connectivity index (χ4v) is 3.22. The van der Waals surface area contributed by atoms with E-state index in [-0.39, 0.29) is 18.2 Å². The molecule has 0 spiro atoms. The van der Waals surface area contributed by atoms with E-state index in [1.807, 2.05) is 37.3 Å². The number of hydrogen-bond acceptors (Lipinski definition) is 5. The van der Waals surface area contributed by atoms with Crippen LogP contribution in [0.5, 0.6) is 0 Å². The van der Waals surface area contributed by atoms with Gasteiger partial charge in [0.25, 0.3) is 0 Å². The van der Waals surface area contributed by atoms with Crippen LogP contribution in [0, 0.1) is 17.1 Å². The molecule has 2 heterocycles. The largest absolute Gasteiger partial charge is 0.325 e. The van der Waals surface area contributed by atoms with E-state index in [0.29, 0.717) is 18.2 Å². The van der Waals surface area contributed by atoms with Crippen LogP contribution in [0.2, 0.25) is 0 Å². The maximum atomic E-state index is 13.3. The molecule has 2 aromatic carbocycles. The lowest BCUT2D eigenvalue weighted by molar-refractivity contribution is 0.625. The quantitative estimate of drug-likeness (QED) is 0.728. The molecule has 1 aliphatic rings. The average Bonchev–Trinajstić information content (AvgIpc) is 3.11. The molecule has 28 heavy (non-hydrogen) atoms. The molecule has 0 aliphatic carbocycles. The van der Waals surface area contributed by atoms with Crippen molar-refractivity contribution in [3.05, 3.63) is 77.4 Å². The average molecular weight is 371 g/mol. The molecule has 1 N–H and O–H groups in total. The molecule has 0 radical (unpaired) electrons. The van der Waals surface area contributed by atoms with E-state index in [9.17, 15) is 9.65 Å². The van der Waals surface area contributed by atoms with Crippen molar-refractivity contribution in [1.82, 2.24) is 9.97 Å². The number of benzene rings is 2. The van der Waals surface area contributed by atoms with Gasteiger partial charge in [0.15, 0.2) is 0 Å². The van der Waals surface area contributed by atoms with Crippen molar-refractivity contribution >= 4 is 22.6 Å². The first-order valence-electron chi connectivity index (χ1n) is 9.02. The zero-order valence-electron chi connectivity index (χ0n) is 15.4. The third kappa shape index (κ3) is 3.60. The first-order valence-corrected chi connectivity index (χ1v) is 9.02. The van der Waals surface area contributed by atoms with E-state index >= 15 is 0 Å². The molecule has 0 fully saturated rings. The van der Waals surface area contributed by atoms with Gasteiger partial charge in [0.05, 0.1) is 24.0 Å². The van der Waals surface area contributed by atoms with Crippen molar-refractivity contribution in [2.45, 2.75) is 19.3 Å². The zero-order chi connectivity index (χ0) is 19.5. The van der Waals surface area contributed by atoms with Gasteiger partial charge in [0, 0.05) is 11.8 Å². The van der Waals surface area contributed by atoms with Crippen molar-refractivity contribution in [3.63, 3.8) is 0 Å². The number of hydrogen-bond donors (Lipinski definition) is 1. The van der Waals surface area contributed by atoms with Gasteiger partial charge < -0.3 is 5.32 Å². The Hall–Kier alpha value is -3.59. The molecule has 0 saturated carbocycles. The van der Waals surface area contributed by atoms with Crippen molar-refractivity contribution in [3.8, 4) is 6.07 Å². The Balaban J connectivity index is 1.81. The Bertz CT molecular complexity index is 1130. The van der Waals surface area contributed by atoms with Crippen molar-refractivity contribution in [2.75, 3.05) is 11.9 Å². The van der Waals surface area contributed by atoms with Gasteiger partial charge >= 0.3 is 0 Å². The highest BCUT2D eigenvalue weighted by molar-refractivity contribution is 6.08. The smallest absolute Gasteiger partial charge is 0.143 e. The summed E-state index contributed by atoms with van der Waals surface area (Å²) in [5.74, 6) is 1.26. The van der Waals surface area contributed by atoms with Gasteiger partial charge in [-0.15, -0.1) is 0 Å². The standard InChI is InChI=1S/C22H18FN5/c1-14-12-20(25-13-14)27-22-18-4-2-3-5-19(18)26-21(28-22)17(10-11-24)15-6-8-16(23)9-7-15/h2-9,12,17H,10,13H2,1H3,(H,25,26,27,28). The number of aliphatic imine (C=N–C) groups is 1. The summed E-state index contributed by atoms with van der Waals surface area (Å²) in [6.45, 7) is 2.70. The van der Waals surface area contributed by atoms with Gasteiger partial charge in [-0.05, 0) is 48.4 Å². The van der Waals surface area contributed by atoms with E-state index in [0.717, 1.165) is 22.3 Å². The Kier molecular flexibility index (Phi) is 4.81. The van der Waals surface area contributed by atoms with Crippen LogP contribution in [0.1, 0.15) is 30.7 Å². The maximum absolute atomic E-state index is 13.3. The highest BCUT2D eigenvalue weighted by Crippen LogP contribution is 2.29. The highest BCUT2D eigenvalue weighted by Gasteiger charge is 2.20. The summed E-state index contributed by atoms with van der Waals surface area (Å²) < 4.78 is 13.3.